The molecule has 3 aromatic rings. The molecule has 1 aliphatic rings. The number of anilines is 1. The molecule has 1 N–H and O–H groups in total. The zero-order valence-electron chi connectivity index (χ0n) is 14.3. The summed E-state index contributed by atoms with van der Waals surface area (Å²) in [5.74, 6) is -0.614. The van der Waals surface area contributed by atoms with Gasteiger partial charge in [-0.25, -0.2) is 9.07 Å². The van der Waals surface area contributed by atoms with E-state index in [0.29, 0.717) is 0 Å². The fourth-order valence-electron chi connectivity index (χ4n) is 3.43. The number of piperidine rings is 1. The van der Waals surface area contributed by atoms with Gasteiger partial charge >= 0.3 is 0 Å². The van der Waals surface area contributed by atoms with Crippen LogP contribution < -0.4 is 5.32 Å². The Morgan fingerprint density at radius 2 is 1.85 bits per heavy atom. The van der Waals surface area contributed by atoms with Crippen LogP contribution >= 0.6 is 0 Å². The number of rotatable bonds is 4. The summed E-state index contributed by atoms with van der Waals surface area (Å²) in [6.07, 6.45) is 1.81. The molecule has 0 unspecified atom stereocenters. The fraction of sp³-hybridized carbons (Fsp3) is 0.316. The third-order valence-electron chi connectivity index (χ3n) is 4.80. The molecule has 1 fully saturated rings. The Kier molecular flexibility index (Phi) is 4.62. The molecule has 4 rings (SSSR count). The van der Waals surface area contributed by atoms with Crippen LogP contribution in [0, 0.1) is 5.82 Å². The van der Waals surface area contributed by atoms with Crippen molar-refractivity contribution in [1.82, 2.24) is 19.9 Å². The predicted octanol–water partition coefficient (Wildman–Crippen LogP) is 2.85. The summed E-state index contributed by atoms with van der Waals surface area (Å²) >= 11 is 0. The molecule has 1 amide bonds. The summed E-state index contributed by atoms with van der Waals surface area (Å²) in [7, 11) is 0. The molecule has 7 heteroatoms. The van der Waals surface area contributed by atoms with E-state index in [1.807, 2.05) is 28.9 Å². The van der Waals surface area contributed by atoms with E-state index in [4.69, 9.17) is 0 Å². The Balaban J connectivity index is 1.34. The number of para-hydroxylation sites is 2. The van der Waals surface area contributed by atoms with E-state index in [1.54, 1.807) is 18.2 Å². The minimum Gasteiger partial charge on any atom is -0.322 e. The maximum absolute atomic E-state index is 13.6. The van der Waals surface area contributed by atoms with Gasteiger partial charge in [-0.05, 0) is 37.1 Å². The first-order chi connectivity index (χ1) is 12.7. The predicted molar refractivity (Wildman–Crippen MR) is 97.3 cm³/mol. The third-order valence-corrected chi connectivity index (χ3v) is 4.80. The average molecular weight is 353 g/mol. The summed E-state index contributed by atoms with van der Waals surface area (Å²) < 4.78 is 15.6. The molecule has 0 atom stereocenters. The molecule has 0 bridgehead atoms. The molecule has 0 saturated carbocycles. The number of likely N-dealkylation sites (tertiary alicyclic amines) is 1. The standard InChI is InChI=1S/C19H20FN5O/c20-15-5-1-2-6-16(15)21-19(26)13-24-11-9-14(10-12-24)25-18-8-4-3-7-17(18)22-23-25/h1-8,14H,9-13H2,(H,21,26). The summed E-state index contributed by atoms with van der Waals surface area (Å²) in [5.41, 5.74) is 2.17. The molecule has 134 valence electrons. The SMILES string of the molecule is O=C(CN1CCC(n2nnc3ccccc32)CC1)Nc1ccccc1F. The highest BCUT2D eigenvalue weighted by Crippen LogP contribution is 2.25. The first-order valence-corrected chi connectivity index (χ1v) is 8.77. The number of aromatic nitrogens is 3. The molecular formula is C19H20FN5O. The van der Waals surface area contributed by atoms with E-state index in [2.05, 4.69) is 20.5 Å². The van der Waals surface area contributed by atoms with E-state index in [9.17, 15) is 9.18 Å². The molecule has 0 radical (unpaired) electrons. The van der Waals surface area contributed by atoms with Gasteiger partial charge in [0.15, 0.2) is 0 Å². The quantitative estimate of drug-likeness (QED) is 0.783. The monoisotopic (exact) mass is 353 g/mol. The summed E-state index contributed by atoms with van der Waals surface area (Å²) in [4.78, 5) is 14.3. The number of amides is 1. The summed E-state index contributed by atoms with van der Waals surface area (Å²) in [5, 5.41) is 11.2. The van der Waals surface area contributed by atoms with Crippen LogP contribution in [0.25, 0.3) is 11.0 Å². The first kappa shape index (κ1) is 16.7. The van der Waals surface area contributed by atoms with E-state index in [-0.39, 0.29) is 24.2 Å². The first-order valence-electron chi connectivity index (χ1n) is 8.77. The Bertz CT molecular complexity index is 917. The zero-order valence-corrected chi connectivity index (χ0v) is 14.3. The average Bonchev–Trinajstić information content (AvgIpc) is 3.08. The van der Waals surface area contributed by atoms with Crippen molar-refractivity contribution in [2.75, 3.05) is 25.0 Å². The molecule has 0 aliphatic carbocycles. The Morgan fingerprint density at radius 1 is 1.12 bits per heavy atom. The van der Waals surface area contributed by atoms with Crippen LogP contribution in [0.2, 0.25) is 0 Å². The van der Waals surface area contributed by atoms with Gasteiger partial charge in [0, 0.05) is 13.1 Å². The molecule has 1 aromatic heterocycles. The second-order valence-electron chi connectivity index (χ2n) is 6.56. The summed E-state index contributed by atoms with van der Waals surface area (Å²) in [6.45, 7) is 1.85. The van der Waals surface area contributed by atoms with E-state index in [0.717, 1.165) is 37.0 Å². The van der Waals surface area contributed by atoms with Crippen molar-refractivity contribution >= 4 is 22.6 Å². The zero-order chi connectivity index (χ0) is 17.9. The van der Waals surface area contributed by atoms with Crippen LogP contribution in [-0.4, -0.2) is 45.4 Å². The number of hydrogen-bond donors (Lipinski definition) is 1. The van der Waals surface area contributed by atoms with Gasteiger partial charge in [-0.15, -0.1) is 5.10 Å². The van der Waals surface area contributed by atoms with Gasteiger partial charge in [0.2, 0.25) is 5.91 Å². The van der Waals surface area contributed by atoms with Crippen LogP contribution in [0.5, 0.6) is 0 Å². The number of carbonyl (C=O) groups excluding carboxylic acids is 1. The lowest BCUT2D eigenvalue weighted by molar-refractivity contribution is -0.117. The largest absolute Gasteiger partial charge is 0.322 e. The molecule has 1 aliphatic heterocycles. The second kappa shape index (κ2) is 7.21. The maximum Gasteiger partial charge on any atom is 0.238 e. The third kappa shape index (κ3) is 3.43. The van der Waals surface area contributed by atoms with Crippen molar-refractivity contribution < 1.29 is 9.18 Å². The van der Waals surface area contributed by atoms with Gasteiger partial charge in [0.1, 0.15) is 11.3 Å². The van der Waals surface area contributed by atoms with Crippen molar-refractivity contribution in [3.05, 3.63) is 54.3 Å². The molecule has 26 heavy (non-hydrogen) atoms. The fourth-order valence-corrected chi connectivity index (χ4v) is 3.43. The molecule has 2 aromatic carbocycles. The lowest BCUT2D eigenvalue weighted by atomic mass is 10.0. The Labute approximate surface area is 150 Å². The van der Waals surface area contributed by atoms with Gasteiger partial charge in [0.05, 0.1) is 23.8 Å². The molecular weight excluding hydrogens is 333 g/mol. The highest BCUT2D eigenvalue weighted by molar-refractivity contribution is 5.92. The number of carbonyl (C=O) groups is 1. The number of fused-ring (bicyclic) bond motifs is 1. The second-order valence-corrected chi connectivity index (χ2v) is 6.56. The summed E-state index contributed by atoms with van der Waals surface area (Å²) in [6, 6.07) is 14.4. The number of nitrogens with zero attached hydrogens (tertiary/aromatic N) is 4. The van der Waals surface area contributed by atoms with Crippen molar-refractivity contribution in [1.29, 1.82) is 0 Å². The number of benzene rings is 2. The normalized spacial score (nSPS) is 16.0. The Hall–Kier alpha value is -2.80. The van der Waals surface area contributed by atoms with Gasteiger partial charge in [0.25, 0.3) is 0 Å². The highest BCUT2D eigenvalue weighted by Gasteiger charge is 2.24. The molecule has 6 nitrogen and oxygen atoms in total. The molecule has 0 spiro atoms. The van der Waals surface area contributed by atoms with E-state index in [1.165, 1.54) is 6.07 Å². The van der Waals surface area contributed by atoms with Crippen molar-refractivity contribution in [2.24, 2.45) is 0 Å². The molecule has 2 heterocycles. The lowest BCUT2D eigenvalue weighted by Crippen LogP contribution is -2.40. The van der Waals surface area contributed by atoms with Gasteiger partial charge in [-0.1, -0.05) is 29.5 Å². The Morgan fingerprint density at radius 3 is 2.65 bits per heavy atom. The molecule has 1 saturated heterocycles. The van der Waals surface area contributed by atoms with Crippen molar-refractivity contribution in [3.63, 3.8) is 0 Å². The van der Waals surface area contributed by atoms with E-state index < -0.39 is 5.82 Å². The van der Waals surface area contributed by atoms with Crippen molar-refractivity contribution in [3.8, 4) is 0 Å². The van der Waals surface area contributed by atoms with Crippen LogP contribution in [0.4, 0.5) is 10.1 Å². The van der Waals surface area contributed by atoms with Gasteiger partial charge in [-0.3, -0.25) is 9.69 Å². The minimum atomic E-state index is -0.419. The van der Waals surface area contributed by atoms with Crippen molar-refractivity contribution in [2.45, 2.75) is 18.9 Å². The van der Waals surface area contributed by atoms with Gasteiger partial charge < -0.3 is 5.32 Å². The smallest absolute Gasteiger partial charge is 0.238 e. The van der Waals surface area contributed by atoms with Crippen LogP contribution in [-0.2, 0) is 4.79 Å². The number of halogens is 1. The highest BCUT2D eigenvalue weighted by atomic mass is 19.1. The maximum atomic E-state index is 13.6. The van der Waals surface area contributed by atoms with Crippen LogP contribution in [0.1, 0.15) is 18.9 Å². The number of nitrogens with one attached hydrogen (secondary N) is 1. The lowest BCUT2D eigenvalue weighted by Gasteiger charge is -2.31. The number of hydrogen-bond acceptors (Lipinski definition) is 4. The minimum absolute atomic E-state index is 0.195. The van der Waals surface area contributed by atoms with Gasteiger partial charge in [-0.2, -0.15) is 0 Å². The van der Waals surface area contributed by atoms with Crippen LogP contribution in [0.3, 0.4) is 0 Å². The topological polar surface area (TPSA) is 63.1 Å². The van der Waals surface area contributed by atoms with Crippen LogP contribution in [0.15, 0.2) is 48.5 Å². The van der Waals surface area contributed by atoms with E-state index >= 15 is 0 Å².